The van der Waals surface area contributed by atoms with Crippen molar-refractivity contribution in [3.8, 4) is 0 Å². The van der Waals surface area contributed by atoms with Crippen molar-refractivity contribution in [1.29, 1.82) is 0 Å². The van der Waals surface area contributed by atoms with Gasteiger partial charge in [-0.2, -0.15) is 0 Å². The average Bonchev–Trinajstić information content (AvgIpc) is 1.87. The molecule has 0 spiro atoms. The SMILES string of the molecule is Cl.Cl.O=C(O)CN(CCO)CCO. The van der Waals surface area contributed by atoms with Crippen LogP contribution in [0.1, 0.15) is 0 Å². The summed E-state index contributed by atoms with van der Waals surface area (Å²) in [4.78, 5) is 11.6. The number of hydrogen-bond donors (Lipinski definition) is 3. The van der Waals surface area contributed by atoms with Crippen molar-refractivity contribution >= 4 is 30.8 Å². The predicted octanol–water partition coefficient (Wildman–Crippen LogP) is -0.799. The molecule has 0 amide bonds. The second-order valence-corrected chi connectivity index (χ2v) is 2.12. The van der Waals surface area contributed by atoms with Crippen molar-refractivity contribution in [2.75, 3.05) is 32.8 Å². The maximum atomic E-state index is 10.2. The van der Waals surface area contributed by atoms with E-state index in [4.69, 9.17) is 15.3 Å². The quantitative estimate of drug-likeness (QED) is 0.562. The smallest absolute Gasteiger partial charge is 0.317 e. The molecule has 0 fully saturated rings. The van der Waals surface area contributed by atoms with Crippen LogP contribution in [0.25, 0.3) is 0 Å². The van der Waals surface area contributed by atoms with E-state index >= 15 is 0 Å². The average molecular weight is 236 g/mol. The van der Waals surface area contributed by atoms with Gasteiger partial charge in [0.2, 0.25) is 0 Å². The van der Waals surface area contributed by atoms with Crippen molar-refractivity contribution in [2.24, 2.45) is 0 Å². The van der Waals surface area contributed by atoms with Gasteiger partial charge in [0.05, 0.1) is 19.8 Å². The summed E-state index contributed by atoms with van der Waals surface area (Å²) in [6.07, 6.45) is 0. The van der Waals surface area contributed by atoms with E-state index in [1.807, 2.05) is 0 Å². The van der Waals surface area contributed by atoms with Crippen LogP contribution in [0.2, 0.25) is 0 Å². The molecule has 0 aromatic heterocycles. The minimum absolute atomic E-state index is 0. The van der Waals surface area contributed by atoms with E-state index in [1.165, 1.54) is 4.90 Å². The van der Waals surface area contributed by atoms with Gasteiger partial charge in [-0.1, -0.05) is 0 Å². The van der Waals surface area contributed by atoms with Gasteiger partial charge in [0.25, 0.3) is 0 Å². The highest BCUT2D eigenvalue weighted by atomic mass is 35.5. The number of rotatable bonds is 6. The standard InChI is InChI=1S/C6H13NO4.2ClH/c8-3-1-7(2-4-9)5-6(10)11;;/h8-9H,1-5H2,(H,10,11);2*1H. The molecule has 0 aromatic carbocycles. The van der Waals surface area contributed by atoms with Crippen molar-refractivity contribution in [3.63, 3.8) is 0 Å². The molecule has 0 aliphatic rings. The lowest BCUT2D eigenvalue weighted by Crippen LogP contribution is -2.34. The van der Waals surface area contributed by atoms with Gasteiger partial charge in [-0.15, -0.1) is 24.8 Å². The number of aliphatic carboxylic acids is 1. The maximum Gasteiger partial charge on any atom is 0.317 e. The highest BCUT2D eigenvalue weighted by Crippen LogP contribution is 1.85. The summed E-state index contributed by atoms with van der Waals surface area (Å²) in [5.74, 6) is -0.952. The molecular weight excluding hydrogens is 221 g/mol. The van der Waals surface area contributed by atoms with E-state index in [9.17, 15) is 4.79 Å². The number of nitrogens with zero attached hydrogens (tertiary/aromatic N) is 1. The van der Waals surface area contributed by atoms with Crippen LogP contribution in [0.5, 0.6) is 0 Å². The molecule has 7 heteroatoms. The van der Waals surface area contributed by atoms with Crippen LogP contribution in [-0.4, -0.2) is 59.0 Å². The molecule has 0 saturated heterocycles. The van der Waals surface area contributed by atoms with Crippen LogP contribution in [0.4, 0.5) is 0 Å². The molecule has 0 aliphatic carbocycles. The summed E-state index contributed by atoms with van der Waals surface area (Å²) in [7, 11) is 0. The fourth-order valence-corrected chi connectivity index (χ4v) is 0.744. The lowest BCUT2D eigenvalue weighted by molar-refractivity contribution is -0.138. The number of carbonyl (C=O) groups is 1. The second kappa shape index (κ2) is 11.9. The third kappa shape index (κ3) is 11.9. The van der Waals surface area contributed by atoms with Gasteiger partial charge < -0.3 is 15.3 Å². The van der Waals surface area contributed by atoms with Gasteiger partial charge >= 0.3 is 5.97 Å². The van der Waals surface area contributed by atoms with E-state index < -0.39 is 5.97 Å². The van der Waals surface area contributed by atoms with Crippen LogP contribution in [0.3, 0.4) is 0 Å². The lowest BCUT2D eigenvalue weighted by atomic mass is 10.4. The van der Waals surface area contributed by atoms with Gasteiger partial charge in [0.15, 0.2) is 0 Å². The van der Waals surface area contributed by atoms with Gasteiger partial charge in [-0.05, 0) is 0 Å². The molecule has 0 rings (SSSR count). The van der Waals surface area contributed by atoms with E-state index in [0.29, 0.717) is 0 Å². The van der Waals surface area contributed by atoms with Crippen molar-refractivity contribution < 1.29 is 20.1 Å². The molecule has 0 aliphatic heterocycles. The predicted molar refractivity (Wildman–Crippen MR) is 52.7 cm³/mol. The third-order valence-electron chi connectivity index (χ3n) is 1.19. The normalized spacial score (nSPS) is 8.85. The molecule has 0 aromatic rings. The number of hydrogen-bond acceptors (Lipinski definition) is 4. The minimum atomic E-state index is -0.952. The van der Waals surface area contributed by atoms with Crippen molar-refractivity contribution in [3.05, 3.63) is 0 Å². The molecule has 0 bridgehead atoms. The zero-order valence-corrected chi connectivity index (χ0v) is 8.68. The van der Waals surface area contributed by atoms with Gasteiger partial charge in [-0.3, -0.25) is 9.69 Å². The first-order chi connectivity index (χ1) is 5.20. The topological polar surface area (TPSA) is 81.0 Å². The first-order valence-corrected chi connectivity index (χ1v) is 3.36. The molecular formula is C6H15Cl2NO4. The van der Waals surface area contributed by atoms with Crippen LogP contribution in [0.15, 0.2) is 0 Å². The first kappa shape index (κ1) is 18.7. The summed E-state index contributed by atoms with van der Waals surface area (Å²) in [6, 6.07) is 0. The second-order valence-electron chi connectivity index (χ2n) is 2.12. The van der Waals surface area contributed by atoms with Crippen LogP contribution in [0, 0.1) is 0 Å². The summed E-state index contributed by atoms with van der Waals surface area (Å²) in [6.45, 7) is 0.251. The Bertz CT molecular complexity index is 119. The Morgan fingerprint density at radius 3 is 1.69 bits per heavy atom. The van der Waals surface area contributed by atoms with Crippen LogP contribution >= 0.6 is 24.8 Å². The summed E-state index contributed by atoms with van der Waals surface area (Å²) >= 11 is 0. The largest absolute Gasteiger partial charge is 0.480 e. The number of carboxylic acids is 1. The summed E-state index contributed by atoms with van der Waals surface area (Å²) in [5, 5.41) is 25.3. The van der Waals surface area contributed by atoms with E-state index in [2.05, 4.69) is 0 Å². The molecule has 0 heterocycles. The summed E-state index contributed by atoms with van der Waals surface area (Å²) < 4.78 is 0. The fourth-order valence-electron chi connectivity index (χ4n) is 0.744. The Kier molecular flexibility index (Phi) is 17.1. The molecule has 3 N–H and O–H groups in total. The third-order valence-corrected chi connectivity index (χ3v) is 1.19. The molecule has 0 saturated carbocycles. The Morgan fingerprint density at radius 1 is 1.08 bits per heavy atom. The maximum absolute atomic E-state index is 10.2. The molecule has 0 atom stereocenters. The number of halogens is 2. The minimum Gasteiger partial charge on any atom is -0.480 e. The van der Waals surface area contributed by atoms with Gasteiger partial charge in [0.1, 0.15) is 0 Å². The molecule has 0 unspecified atom stereocenters. The molecule has 82 valence electrons. The van der Waals surface area contributed by atoms with Gasteiger partial charge in [-0.25, -0.2) is 0 Å². The van der Waals surface area contributed by atoms with Crippen LogP contribution < -0.4 is 0 Å². The molecule has 5 nitrogen and oxygen atoms in total. The molecule has 0 radical (unpaired) electrons. The molecule has 13 heavy (non-hydrogen) atoms. The Morgan fingerprint density at radius 2 is 1.46 bits per heavy atom. The monoisotopic (exact) mass is 235 g/mol. The Hall–Kier alpha value is -0.0700. The highest BCUT2D eigenvalue weighted by molar-refractivity contribution is 5.85. The van der Waals surface area contributed by atoms with Crippen molar-refractivity contribution in [2.45, 2.75) is 0 Å². The Balaban J connectivity index is -0.000000500. The zero-order valence-electron chi connectivity index (χ0n) is 7.05. The number of carboxylic acid groups (broad SMARTS) is 1. The fraction of sp³-hybridized carbons (Fsp3) is 0.833. The van der Waals surface area contributed by atoms with Gasteiger partial charge in [0, 0.05) is 13.1 Å². The first-order valence-electron chi connectivity index (χ1n) is 3.36. The van der Waals surface area contributed by atoms with E-state index in [0.717, 1.165) is 0 Å². The zero-order chi connectivity index (χ0) is 8.69. The highest BCUT2D eigenvalue weighted by Gasteiger charge is 2.06. The van der Waals surface area contributed by atoms with E-state index in [-0.39, 0.29) is 57.7 Å². The van der Waals surface area contributed by atoms with Crippen LogP contribution in [-0.2, 0) is 4.79 Å². The number of aliphatic hydroxyl groups excluding tert-OH is 2. The Labute approximate surface area is 89.2 Å². The van der Waals surface area contributed by atoms with E-state index in [1.54, 1.807) is 0 Å². The summed E-state index contributed by atoms with van der Waals surface area (Å²) in [5.41, 5.74) is 0. The number of aliphatic hydroxyl groups is 2. The lowest BCUT2D eigenvalue weighted by Gasteiger charge is -2.16. The van der Waals surface area contributed by atoms with Crippen molar-refractivity contribution in [1.82, 2.24) is 4.90 Å².